The maximum atomic E-state index is 13.2. The highest BCUT2D eigenvalue weighted by Gasteiger charge is 2.31. The summed E-state index contributed by atoms with van der Waals surface area (Å²) in [4.78, 5) is 26.1. The van der Waals surface area contributed by atoms with Crippen LogP contribution in [-0.4, -0.2) is 17.9 Å². The van der Waals surface area contributed by atoms with E-state index >= 15 is 0 Å². The largest absolute Gasteiger partial charge is 0.326 e. The Labute approximate surface area is 138 Å². The van der Waals surface area contributed by atoms with Gasteiger partial charge in [-0.3, -0.25) is 9.59 Å². The van der Waals surface area contributed by atoms with Crippen molar-refractivity contribution in [2.75, 3.05) is 10.2 Å². The molecule has 0 spiro atoms. The fourth-order valence-corrected chi connectivity index (χ4v) is 2.95. The molecule has 4 nitrogen and oxygen atoms in total. The molecular weight excluding hydrogens is 314 g/mol. The van der Waals surface area contributed by atoms with Gasteiger partial charge in [0.25, 0.3) is 0 Å². The number of para-hydroxylation sites is 1. The van der Waals surface area contributed by atoms with E-state index in [1.807, 2.05) is 31.2 Å². The minimum atomic E-state index is -1.05. The first kappa shape index (κ1) is 16.1. The van der Waals surface area contributed by atoms with Crippen LogP contribution in [0.1, 0.15) is 18.9 Å². The van der Waals surface area contributed by atoms with Gasteiger partial charge < -0.3 is 10.2 Å². The van der Waals surface area contributed by atoms with E-state index in [0.717, 1.165) is 29.8 Å². The molecule has 1 unspecified atom stereocenters. The number of nitrogens with zero attached hydrogens (tertiary/aromatic N) is 1. The van der Waals surface area contributed by atoms with Crippen molar-refractivity contribution in [3.8, 4) is 0 Å². The van der Waals surface area contributed by atoms with Gasteiger partial charge in [0.05, 0.1) is 0 Å². The summed E-state index contributed by atoms with van der Waals surface area (Å²) in [6.45, 7) is 1.92. The molecule has 1 aliphatic heterocycles. The molecule has 2 aromatic carbocycles. The van der Waals surface area contributed by atoms with Gasteiger partial charge in [0.1, 0.15) is 6.42 Å². The van der Waals surface area contributed by atoms with Crippen molar-refractivity contribution in [1.29, 1.82) is 0 Å². The Bertz CT molecular complexity index is 807. The van der Waals surface area contributed by atoms with Gasteiger partial charge in [-0.2, -0.15) is 0 Å². The number of anilines is 2. The topological polar surface area (TPSA) is 49.4 Å². The summed E-state index contributed by atoms with van der Waals surface area (Å²) < 4.78 is 26.0. The Balaban J connectivity index is 1.68. The molecule has 0 saturated heterocycles. The molecule has 1 N–H and O–H groups in total. The van der Waals surface area contributed by atoms with Crippen molar-refractivity contribution in [1.82, 2.24) is 0 Å². The second kappa shape index (κ2) is 6.39. The number of fused-ring (bicyclic) bond motifs is 1. The molecule has 6 heteroatoms. The third kappa shape index (κ3) is 3.13. The predicted molar refractivity (Wildman–Crippen MR) is 86.7 cm³/mol. The highest BCUT2D eigenvalue weighted by molar-refractivity contribution is 6.10. The maximum Gasteiger partial charge on any atom is 0.236 e. The predicted octanol–water partition coefficient (Wildman–Crippen LogP) is 3.27. The smallest absolute Gasteiger partial charge is 0.236 e. The minimum absolute atomic E-state index is 0.0223. The van der Waals surface area contributed by atoms with Crippen LogP contribution in [0.25, 0.3) is 0 Å². The lowest BCUT2D eigenvalue weighted by Crippen LogP contribution is -2.37. The number of benzene rings is 2. The molecule has 0 aromatic heterocycles. The van der Waals surface area contributed by atoms with Gasteiger partial charge in [0.15, 0.2) is 11.6 Å². The molecule has 0 saturated carbocycles. The molecule has 1 atom stereocenters. The van der Waals surface area contributed by atoms with Crippen LogP contribution in [0.5, 0.6) is 0 Å². The molecule has 24 heavy (non-hydrogen) atoms. The van der Waals surface area contributed by atoms with Gasteiger partial charge in [-0.05, 0) is 37.1 Å². The average molecular weight is 330 g/mol. The third-order valence-corrected chi connectivity index (χ3v) is 3.99. The summed E-state index contributed by atoms with van der Waals surface area (Å²) in [5, 5.41) is 2.41. The lowest BCUT2D eigenvalue weighted by Gasteiger charge is -2.22. The van der Waals surface area contributed by atoms with E-state index in [1.165, 1.54) is 6.07 Å². The summed E-state index contributed by atoms with van der Waals surface area (Å²) in [6, 6.07) is 10.6. The highest BCUT2D eigenvalue weighted by Crippen LogP contribution is 2.32. The lowest BCUT2D eigenvalue weighted by molar-refractivity contribution is -0.125. The van der Waals surface area contributed by atoms with Crippen molar-refractivity contribution in [3.63, 3.8) is 0 Å². The van der Waals surface area contributed by atoms with Crippen molar-refractivity contribution in [3.05, 3.63) is 59.7 Å². The summed E-state index contributed by atoms with van der Waals surface area (Å²) in [6.07, 6.45) is 0.379. The average Bonchev–Trinajstić information content (AvgIpc) is 2.86. The molecule has 124 valence electrons. The third-order valence-electron chi connectivity index (χ3n) is 3.99. The Morgan fingerprint density at radius 1 is 1.17 bits per heavy atom. The number of nitrogens with one attached hydrogen (secondary N) is 1. The van der Waals surface area contributed by atoms with Crippen LogP contribution in [0, 0.1) is 11.6 Å². The molecule has 1 heterocycles. The molecule has 1 aliphatic rings. The molecule has 0 radical (unpaired) electrons. The number of rotatable bonds is 3. The van der Waals surface area contributed by atoms with Crippen LogP contribution >= 0.6 is 0 Å². The molecule has 2 amide bonds. The number of halogens is 2. The van der Waals surface area contributed by atoms with Gasteiger partial charge in [0, 0.05) is 23.5 Å². The standard InChI is InChI=1S/C18H16F2N2O2/c1-11-8-12-4-2-3-5-16(12)22(11)18(24)10-17(23)21-13-6-7-14(19)15(20)9-13/h2-7,9,11H,8,10H2,1H3,(H,21,23). The van der Waals surface area contributed by atoms with E-state index in [2.05, 4.69) is 5.32 Å². The first-order valence-corrected chi connectivity index (χ1v) is 7.60. The van der Waals surface area contributed by atoms with Crippen molar-refractivity contribution < 1.29 is 18.4 Å². The van der Waals surface area contributed by atoms with Crippen LogP contribution in [0.15, 0.2) is 42.5 Å². The van der Waals surface area contributed by atoms with Crippen molar-refractivity contribution >= 4 is 23.2 Å². The van der Waals surface area contributed by atoms with Crippen LogP contribution in [0.2, 0.25) is 0 Å². The molecule has 3 rings (SSSR count). The summed E-state index contributed by atoms with van der Waals surface area (Å²) >= 11 is 0. The van der Waals surface area contributed by atoms with Gasteiger partial charge in [-0.15, -0.1) is 0 Å². The van der Waals surface area contributed by atoms with Gasteiger partial charge in [-0.25, -0.2) is 8.78 Å². The Kier molecular flexibility index (Phi) is 4.29. The summed E-state index contributed by atoms with van der Waals surface area (Å²) in [7, 11) is 0. The fourth-order valence-electron chi connectivity index (χ4n) is 2.95. The molecule has 2 aromatic rings. The normalized spacial score (nSPS) is 16.0. The fraction of sp³-hybridized carbons (Fsp3) is 0.222. The summed E-state index contributed by atoms with van der Waals surface area (Å²) in [5.74, 6) is -2.94. The zero-order valence-corrected chi connectivity index (χ0v) is 13.1. The second-order valence-corrected chi connectivity index (χ2v) is 5.80. The maximum absolute atomic E-state index is 13.2. The first-order valence-electron chi connectivity index (χ1n) is 7.60. The Morgan fingerprint density at radius 2 is 1.92 bits per heavy atom. The van der Waals surface area contributed by atoms with Gasteiger partial charge in [-0.1, -0.05) is 18.2 Å². The zero-order valence-electron chi connectivity index (χ0n) is 13.1. The zero-order chi connectivity index (χ0) is 17.3. The van der Waals surface area contributed by atoms with E-state index in [-0.39, 0.29) is 24.1 Å². The van der Waals surface area contributed by atoms with Crippen LogP contribution in [0.3, 0.4) is 0 Å². The molecule has 0 aliphatic carbocycles. The van der Waals surface area contributed by atoms with Gasteiger partial charge in [0.2, 0.25) is 11.8 Å². The SMILES string of the molecule is CC1Cc2ccccc2N1C(=O)CC(=O)Nc1ccc(F)c(F)c1. The van der Waals surface area contributed by atoms with E-state index < -0.39 is 17.5 Å². The molecule has 0 fully saturated rings. The minimum Gasteiger partial charge on any atom is -0.326 e. The monoisotopic (exact) mass is 330 g/mol. The Hall–Kier alpha value is -2.76. The number of amides is 2. The van der Waals surface area contributed by atoms with Crippen molar-refractivity contribution in [2.45, 2.75) is 25.8 Å². The van der Waals surface area contributed by atoms with Crippen LogP contribution in [0.4, 0.5) is 20.2 Å². The van der Waals surface area contributed by atoms with Crippen molar-refractivity contribution in [2.24, 2.45) is 0 Å². The van der Waals surface area contributed by atoms with E-state index in [1.54, 1.807) is 4.90 Å². The number of carbonyl (C=O) groups excluding carboxylic acids is 2. The molecular formula is C18H16F2N2O2. The van der Waals surface area contributed by atoms with E-state index in [4.69, 9.17) is 0 Å². The quantitative estimate of drug-likeness (QED) is 0.878. The van der Waals surface area contributed by atoms with E-state index in [9.17, 15) is 18.4 Å². The highest BCUT2D eigenvalue weighted by atomic mass is 19.2. The van der Waals surface area contributed by atoms with Crippen LogP contribution in [-0.2, 0) is 16.0 Å². The van der Waals surface area contributed by atoms with E-state index in [0.29, 0.717) is 0 Å². The van der Waals surface area contributed by atoms with Gasteiger partial charge >= 0.3 is 0 Å². The number of hydrogen-bond acceptors (Lipinski definition) is 2. The molecule has 0 bridgehead atoms. The number of carbonyl (C=O) groups is 2. The summed E-state index contributed by atoms with van der Waals surface area (Å²) in [5.41, 5.74) is 2.00. The van der Waals surface area contributed by atoms with Crippen LogP contribution < -0.4 is 10.2 Å². The number of hydrogen-bond donors (Lipinski definition) is 1. The lowest BCUT2D eigenvalue weighted by atomic mass is 10.1. The Morgan fingerprint density at radius 3 is 2.67 bits per heavy atom. The first-order chi connectivity index (χ1) is 11.5. The second-order valence-electron chi connectivity index (χ2n) is 5.80.